The molecule has 3 rings (SSSR count). The number of carbonyl (C=O) groups excluding carboxylic acids is 2. The molecular formula is C18H15BrN4O2S. The maximum Gasteiger partial charge on any atom is 0.253 e. The number of carbonyl (C=O) groups is 2. The van der Waals surface area contributed by atoms with Crippen LogP contribution in [-0.4, -0.2) is 28.1 Å². The summed E-state index contributed by atoms with van der Waals surface area (Å²) in [6, 6.07) is 15.9. The molecule has 1 unspecified atom stereocenters. The van der Waals surface area contributed by atoms with Crippen molar-refractivity contribution in [2.45, 2.75) is 13.0 Å². The quantitative estimate of drug-likeness (QED) is 0.645. The van der Waals surface area contributed by atoms with Crippen LogP contribution >= 0.6 is 27.3 Å². The Labute approximate surface area is 162 Å². The molecule has 1 aromatic heterocycles. The molecule has 0 aliphatic rings. The molecule has 2 N–H and O–H groups in total. The number of nitrogens with one attached hydrogen (secondary N) is 2. The highest BCUT2D eigenvalue weighted by Crippen LogP contribution is 2.25. The highest BCUT2D eigenvalue weighted by atomic mass is 79.9. The summed E-state index contributed by atoms with van der Waals surface area (Å²) in [6.45, 7) is 1.61. The number of hydrogen-bond acceptors (Lipinski definition) is 5. The van der Waals surface area contributed by atoms with E-state index in [1.807, 2.05) is 36.4 Å². The lowest BCUT2D eigenvalue weighted by Gasteiger charge is -2.13. The van der Waals surface area contributed by atoms with Crippen LogP contribution in [0.15, 0.2) is 59.1 Å². The van der Waals surface area contributed by atoms with Gasteiger partial charge in [0.15, 0.2) is 0 Å². The smallest absolute Gasteiger partial charge is 0.253 e. The Morgan fingerprint density at radius 3 is 2.46 bits per heavy atom. The average Bonchev–Trinajstić information content (AvgIpc) is 3.11. The molecule has 0 aliphatic heterocycles. The summed E-state index contributed by atoms with van der Waals surface area (Å²) in [7, 11) is 0. The van der Waals surface area contributed by atoms with Crippen molar-refractivity contribution >= 4 is 44.2 Å². The zero-order valence-corrected chi connectivity index (χ0v) is 16.2. The van der Waals surface area contributed by atoms with E-state index in [0.29, 0.717) is 20.2 Å². The SMILES string of the molecule is CC(NC(=O)c1ccccc1Br)C(=O)Nc1nnc(-c2ccccc2)s1. The lowest BCUT2D eigenvalue weighted by Crippen LogP contribution is -2.41. The van der Waals surface area contributed by atoms with Gasteiger partial charge in [-0.25, -0.2) is 0 Å². The highest BCUT2D eigenvalue weighted by molar-refractivity contribution is 9.10. The van der Waals surface area contributed by atoms with E-state index < -0.39 is 6.04 Å². The van der Waals surface area contributed by atoms with Gasteiger partial charge in [-0.15, -0.1) is 10.2 Å². The molecule has 0 radical (unpaired) electrons. The summed E-state index contributed by atoms with van der Waals surface area (Å²) in [6.07, 6.45) is 0. The molecule has 0 spiro atoms. The second-order valence-corrected chi connectivity index (χ2v) is 7.27. The van der Waals surface area contributed by atoms with Crippen LogP contribution in [0.4, 0.5) is 5.13 Å². The molecule has 0 saturated carbocycles. The first-order chi connectivity index (χ1) is 12.5. The number of rotatable bonds is 5. The maximum absolute atomic E-state index is 12.3. The maximum atomic E-state index is 12.3. The van der Waals surface area contributed by atoms with Gasteiger partial charge in [0, 0.05) is 10.0 Å². The van der Waals surface area contributed by atoms with Gasteiger partial charge in [0.2, 0.25) is 11.0 Å². The summed E-state index contributed by atoms with van der Waals surface area (Å²) in [4.78, 5) is 24.6. The molecule has 1 atom stereocenters. The Bertz CT molecular complexity index is 930. The monoisotopic (exact) mass is 430 g/mol. The normalized spacial score (nSPS) is 11.6. The largest absolute Gasteiger partial charge is 0.340 e. The molecule has 132 valence electrons. The van der Waals surface area contributed by atoms with Crippen LogP contribution in [0.25, 0.3) is 10.6 Å². The molecule has 0 fully saturated rings. The van der Waals surface area contributed by atoms with Crippen molar-refractivity contribution in [1.82, 2.24) is 15.5 Å². The molecule has 2 amide bonds. The van der Waals surface area contributed by atoms with Crippen LogP contribution in [0, 0.1) is 0 Å². The third-order valence-corrected chi connectivity index (χ3v) is 5.11. The Kier molecular flexibility index (Phi) is 5.75. The summed E-state index contributed by atoms with van der Waals surface area (Å²) in [5.74, 6) is -0.691. The van der Waals surface area contributed by atoms with Gasteiger partial charge in [0.05, 0.1) is 5.56 Å². The fourth-order valence-corrected chi connectivity index (χ4v) is 3.39. The van der Waals surface area contributed by atoms with Crippen LogP contribution in [-0.2, 0) is 4.79 Å². The zero-order chi connectivity index (χ0) is 18.5. The van der Waals surface area contributed by atoms with Gasteiger partial charge < -0.3 is 5.32 Å². The molecule has 1 heterocycles. The lowest BCUT2D eigenvalue weighted by atomic mass is 10.2. The van der Waals surface area contributed by atoms with E-state index in [1.165, 1.54) is 11.3 Å². The molecule has 8 heteroatoms. The second-order valence-electron chi connectivity index (χ2n) is 5.44. The molecule has 3 aromatic rings. The number of anilines is 1. The topological polar surface area (TPSA) is 84.0 Å². The summed E-state index contributed by atoms with van der Waals surface area (Å²) < 4.78 is 0.668. The Hall–Kier alpha value is -2.58. The van der Waals surface area contributed by atoms with Gasteiger partial charge in [-0.3, -0.25) is 14.9 Å². The first kappa shape index (κ1) is 18.2. The number of amides is 2. The number of hydrogen-bond donors (Lipinski definition) is 2. The second kappa shape index (κ2) is 8.20. The van der Waals surface area contributed by atoms with Crippen molar-refractivity contribution in [1.29, 1.82) is 0 Å². The van der Waals surface area contributed by atoms with E-state index in [9.17, 15) is 9.59 Å². The van der Waals surface area contributed by atoms with Gasteiger partial charge in [-0.05, 0) is 35.0 Å². The molecular weight excluding hydrogens is 416 g/mol. The van der Waals surface area contributed by atoms with E-state index in [1.54, 1.807) is 25.1 Å². The van der Waals surface area contributed by atoms with E-state index in [0.717, 1.165) is 5.56 Å². The predicted molar refractivity (Wildman–Crippen MR) is 105 cm³/mol. The van der Waals surface area contributed by atoms with E-state index in [2.05, 4.69) is 36.8 Å². The molecule has 0 bridgehead atoms. The molecule has 0 aliphatic carbocycles. The van der Waals surface area contributed by atoms with Crippen molar-refractivity contribution in [2.24, 2.45) is 0 Å². The molecule has 6 nitrogen and oxygen atoms in total. The Morgan fingerprint density at radius 2 is 1.73 bits per heavy atom. The fraction of sp³-hybridized carbons (Fsp3) is 0.111. The highest BCUT2D eigenvalue weighted by Gasteiger charge is 2.19. The van der Waals surface area contributed by atoms with Crippen molar-refractivity contribution in [3.8, 4) is 10.6 Å². The number of benzene rings is 2. The summed E-state index contributed by atoms with van der Waals surface area (Å²) in [5, 5.41) is 14.5. The average molecular weight is 431 g/mol. The van der Waals surface area contributed by atoms with Crippen LogP contribution in [0.1, 0.15) is 17.3 Å². The predicted octanol–water partition coefficient (Wildman–Crippen LogP) is 3.72. The Balaban J connectivity index is 1.62. The first-order valence-electron chi connectivity index (χ1n) is 7.80. The van der Waals surface area contributed by atoms with Crippen LogP contribution in [0.3, 0.4) is 0 Å². The molecule has 2 aromatic carbocycles. The fourth-order valence-electron chi connectivity index (χ4n) is 2.17. The van der Waals surface area contributed by atoms with Crippen molar-refractivity contribution in [3.05, 3.63) is 64.6 Å². The van der Waals surface area contributed by atoms with Crippen molar-refractivity contribution in [2.75, 3.05) is 5.32 Å². The number of halogens is 1. The van der Waals surface area contributed by atoms with Gasteiger partial charge in [-0.1, -0.05) is 53.8 Å². The number of nitrogens with zero attached hydrogens (tertiary/aromatic N) is 2. The minimum atomic E-state index is -0.723. The van der Waals surface area contributed by atoms with Crippen LogP contribution in [0.2, 0.25) is 0 Å². The minimum Gasteiger partial charge on any atom is -0.340 e. The van der Waals surface area contributed by atoms with E-state index in [-0.39, 0.29) is 11.8 Å². The Morgan fingerprint density at radius 1 is 1.04 bits per heavy atom. The van der Waals surface area contributed by atoms with Gasteiger partial charge in [0.25, 0.3) is 5.91 Å². The molecule has 26 heavy (non-hydrogen) atoms. The van der Waals surface area contributed by atoms with Gasteiger partial charge in [0.1, 0.15) is 11.0 Å². The molecule has 0 saturated heterocycles. The van der Waals surface area contributed by atoms with E-state index >= 15 is 0 Å². The van der Waals surface area contributed by atoms with Crippen LogP contribution in [0.5, 0.6) is 0 Å². The van der Waals surface area contributed by atoms with Gasteiger partial charge in [-0.2, -0.15) is 0 Å². The number of aromatic nitrogens is 2. The third kappa shape index (κ3) is 4.33. The lowest BCUT2D eigenvalue weighted by molar-refractivity contribution is -0.117. The first-order valence-corrected chi connectivity index (χ1v) is 9.40. The summed E-state index contributed by atoms with van der Waals surface area (Å²) in [5.41, 5.74) is 1.40. The van der Waals surface area contributed by atoms with Gasteiger partial charge >= 0.3 is 0 Å². The van der Waals surface area contributed by atoms with Crippen molar-refractivity contribution in [3.63, 3.8) is 0 Å². The minimum absolute atomic E-state index is 0.331. The van der Waals surface area contributed by atoms with Crippen molar-refractivity contribution < 1.29 is 9.59 Å². The third-order valence-electron chi connectivity index (χ3n) is 3.54. The zero-order valence-electron chi connectivity index (χ0n) is 13.8. The van der Waals surface area contributed by atoms with E-state index in [4.69, 9.17) is 0 Å². The summed E-state index contributed by atoms with van der Waals surface area (Å²) >= 11 is 4.60. The van der Waals surface area contributed by atoms with Crippen LogP contribution < -0.4 is 10.6 Å². The standard InChI is InChI=1S/C18H15BrN4O2S/c1-11(20-16(25)13-9-5-6-10-14(13)19)15(24)21-18-23-22-17(26-18)12-7-3-2-4-8-12/h2-11H,1H3,(H,20,25)(H,21,23,24).